The second-order valence-electron chi connectivity index (χ2n) is 4.99. The smallest absolute Gasteiger partial charge is 0.220 e. The molecule has 0 saturated carbocycles. The summed E-state index contributed by atoms with van der Waals surface area (Å²) in [5, 5.41) is 3.34. The summed E-state index contributed by atoms with van der Waals surface area (Å²) in [7, 11) is 0. The molecule has 2 aromatic carbocycles. The number of primary amides is 1. The molecular weight excluding hydrogens is 292 g/mol. The van der Waals surface area contributed by atoms with E-state index in [1.165, 1.54) is 0 Å². The predicted molar refractivity (Wildman–Crippen MR) is 90.7 cm³/mol. The molecule has 0 radical (unpaired) electrons. The molecular formula is C18H22N2O3. The first-order valence-electron chi connectivity index (χ1n) is 7.64. The van der Waals surface area contributed by atoms with Crippen LogP contribution in [0.3, 0.4) is 0 Å². The van der Waals surface area contributed by atoms with Crippen molar-refractivity contribution >= 4 is 11.6 Å². The van der Waals surface area contributed by atoms with E-state index in [0.29, 0.717) is 18.9 Å². The van der Waals surface area contributed by atoms with Gasteiger partial charge in [0.2, 0.25) is 5.91 Å². The Labute approximate surface area is 136 Å². The molecule has 1 amide bonds. The van der Waals surface area contributed by atoms with E-state index in [1.807, 2.05) is 55.5 Å². The van der Waals surface area contributed by atoms with Gasteiger partial charge in [0.25, 0.3) is 0 Å². The Bertz CT molecular complexity index is 626. The molecule has 3 N–H and O–H groups in total. The van der Waals surface area contributed by atoms with Gasteiger partial charge >= 0.3 is 0 Å². The van der Waals surface area contributed by atoms with Gasteiger partial charge in [-0.05, 0) is 36.8 Å². The zero-order valence-corrected chi connectivity index (χ0v) is 13.2. The van der Waals surface area contributed by atoms with Crippen molar-refractivity contribution in [1.82, 2.24) is 0 Å². The first-order valence-corrected chi connectivity index (χ1v) is 7.64. The van der Waals surface area contributed by atoms with Gasteiger partial charge < -0.3 is 20.5 Å². The normalized spacial score (nSPS) is 10.1. The van der Waals surface area contributed by atoms with Crippen molar-refractivity contribution in [2.45, 2.75) is 19.9 Å². The van der Waals surface area contributed by atoms with Crippen molar-refractivity contribution in [3.8, 4) is 11.5 Å². The average molecular weight is 314 g/mol. The standard InChI is InChI=1S/C18H22N2O3/c1-2-22-15-9-7-14(8-10-15)13-20-16-5-3-4-6-17(16)23-12-11-18(19)21/h3-10,20H,2,11-13H2,1H3,(H2,19,21). The number of benzene rings is 2. The summed E-state index contributed by atoms with van der Waals surface area (Å²) in [5.74, 6) is 1.20. The van der Waals surface area contributed by atoms with Gasteiger partial charge in [-0.3, -0.25) is 4.79 Å². The van der Waals surface area contributed by atoms with Crippen molar-refractivity contribution in [2.75, 3.05) is 18.5 Å². The van der Waals surface area contributed by atoms with Crippen LogP contribution < -0.4 is 20.5 Å². The molecule has 23 heavy (non-hydrogen) atoms. The number of rotatable bonds is 9. The van der Waals surface area contributed by atoms with E-state index in [2.05, 4.69) is 5.32 Å². The Morgan fingerprint density at radius 3 is 2.52 bits per heavy atom. The zero-order valence-electron chi connectivity index (χ0n) is 13.2. The Hall–Kier alpha value is -2.69. The van der Waals surface area contributed by atoms with Crippen LogP contribution in [-0.4, -0.2) is 19.1 Å². The van der Waals surface area contributed by atoms with E-state index in [9.17, 15) is 4.79 Å². The molecule has 5 nitrogen and oxygen atoms in total. The highest BCUT2D eigenvalue weighted by molar-refractivity contribution is 5.73. The summed E-state index contributed by atoms with van der Waals surface area (Å²) >= 11 is 0. The predicted octanol–water partition coefficient (Wildman–Crippen LogP) is 2.95. The van der Waals surface area contributed by atoms with Gasteiger partial charge in [-0.2, -0.15) is 0 Å². The number of carbonyl (C=O) groups is 1. The van der Waals surface area contributed by atoms with Gasteiger partial charge in [-0.15, -0.1) is 0 Å². The van der Waals surface area contributed by atoms with Crippen LogP contribution in [0.5, 0.6) is 11.5 Å². The first-order chi connectivity index (χ1) is 11.2. The number of hydrogen-bond acceptors (Lipinski definition) is 4. The van der Waals surface area contributed by atoms with Crippen LogP contribution in [0.4, 0.5) is 5.69 Å². The third-order valence-electron chi connectivity index (χ3n) is 3.21. The summed E-state index contributed by atoms with van der Waals surface area (Å²) in [4.78, 5) is 10.8. The maximum absolute atomic E-state index is 10.8. The fourth-order valence-electron chi connectivity index (χ4n) is 2.07. The van der Waals surface area contributed by atoms with Crippen LogP contribution in [0.25, 0.3) is 0 Å². The number of nitrogens with one attached hydrogen (secondary N) is 1. The maximum atomic E-state index is 10.8. The van der Waals surface area contributed by atoms with Crippen LogP contribution in [0.1, 0.15) is 18.9 Å². The monoisotopic (exact) mass is 314 g/mol. The Balaban J connectivity index is 1.93. The lowest BCUT2D eigenvalue weighted by molar-refractivity contribution is -0.118. The molecule has 0 aromatic heterocycles. The molecule has 0 saturated heterocycles. The molecule has 0 aliphatic heterocycles. The molecule has 0 fully saturated rings. The number of anilines is 1. The average Bonchev–Trinajstić information content (AvgIpc) is 2.55. The number of nitrogens with two attached hydrogens (primary N) is 1. The van der Waals surface area contributed by atoms with Crippen LogP contribution >= 0.6 is 0 Å². The summed E-state index contributed by atoms with van der Waals surface area (Å²) < 4.78 is 11.0. The molecule has 0 atom stereocenters. The van der Waals surface area contributed by atoms with Crippen LogP contribution in [0.15, 0.2) is 48.5 Å². The van der Waals surface area contributed by atoms with Crippen molar-refractivity contribution in [2.24, 2.45) is 5.73 Å². The number of ether oxygens (including phenoxy) is 2. The lowest BCUT2D eigenvalue weighted by atomic mass is 10.2. The largest absolute Gasteiger partial charge is 0.494 e. The van der Waals surface area contributed by atoms with Gasteiger partial charge in [-0.25, -0.2) is 0 Å². The molecule has 2 aromatic rings. The van der Waals surface area contributed by atoms with Crippen LogP contribution in [0.2, 0.25) is 0 Å². The highest BCUT2D eigenvalue weighted by Gasteiger charge is 2.04. The topological polar surface area (TPSA) is 73.6 Å². The Morgan fingerprint density at radius 1 is 1.09 bits per heavy atom. The molecule has 0 unspecified atom stereocenters. The minimum Gasteiger partial charge on any atom is -0.494 e. The van der Waals surface area contributed by atoms with Gasteiger partial charge in [0.05, 0.1) is 25.3 Å². The summed E-state index contributed by atoms with van der Waals surface area (Å²) in [5.41, 5.74) is 7.14. The van der Waals surface area contributed by atoms with Crippen molar-refractivity contribution in [3.05, 3.63) is 54.1 Å². The van der Waals surface area contributed by atoms with Gasteiger partial charge in [0.15, 0.2) is 0 Å². The number of carbonyl (C=O) groups excluding carboxylic acids is 1. The lowest BCUT2D eigenvalue weighted by Crippen LogP contribution is -2.15. The second-order valence-corrected chi connectivity index (χ2v) is 4.99. The highest BCUT2D eigenvalue weighted by Crippen LogP contribution is 2.24. The molecule has 0 aliphatic carbocycles. The minimum atomic E-state index is -0.371. The van der Waals surface area contributed by atoms with Gasteiger partial charge in [0.1, 0.15) is 11.5 Å². The van der Waals surface area contributed by atoms with Crippen LogP contribution in [0, 0.1) is 0 Å². The van der Waals surface area contributed by atoms with E-state index in [1.54, 1.807) is 0 Å². The van der Waals surface area contributed by atoms with E-state index in [4.69, 9.17) is 15.2 Å². The van der Waals surface area contributed by atoms with Crippen LogP contribution in [-0.2, 0) is 11.3 Å². The number of para-hydroxylation sites is 2. The summed E-state index contributed by atoms with van der Waals surface area (Å²) in [6, 6.07) is 15.6. The highest BCUT2D eigenvalue weighted by atomic mass is 16.5. The van der Waals surface area contributed by atoms with Crippen molar-refractivity contribution < 1.29 is 14.3 Å². The Morgan fingerprint density at radius 2 is 1.83 bits per heavy atom. The third kappa shape index (κ3) is 5.54. The fourth-order valence-corrected chi connectivity index (χ4v) is 2.07. The second kappa shape index (κ2) is 8.68. The summed E-state index contributed by atoms with van der Waals surface area (Å²) in [6.07, 6.45) is 0.202. The van der Waals surface area contributed by atoms with E-state index in [-0.39, 0.29) is 18.9 Å². The molecule has 122 valence electrons. The van der Waals surface area contributed by atoms with E-state index < -0.39 is 0 Å². The lowest BCUT2D eigenvalue weighted by Gasteiger charge is -2.13. The third-order valence-corrected chi connectivity index (χ3v) is 3.21. The first kappa shape index (κ1) is 16.7. The molecule has 2 rings (SSSR count). The molecule has 0 bridgehead atoms. The maximum Gasteiger partial charge on any atom is 0.220 e. The zero-order chi connectivity index (χ0) is 16.5. The summed E-state index contributed by atoms with van der Waals surface area (Å²) in [6.45, 7) is 3.57. The molecule has 0 aliphatic rings. The van der Waals surface area contributed by atoms with Gasteiger partial charge in [0, 0.05) is 6.54 Å². The van der Waals surface area contributed by atoms with E-state index in [0.717, 1.165) is 17.0 Å². The van der Waals surface area contributed by atoms with Crippen molar-refractivity contribution in [3.63, 3.8) is 0 Å². The minimum absolute atomic E-state index is 0.202. The molecule has 0 spiro atoms. The van der Waals surface area contributed by atoms with E-state index >= 15 is 0 Å². The quantitative estimate of drug-likeness (QED) is 0.746. The van der Waals surface area contributed by atoms with Gasteiger partial charge in [-0.1, -0.05) is 24.3 Å². The SMILES string of the molecule is CCOc1ccc(CNc2ccccc2OCCC(N)=O)cc1. The molecule has 0 heterocycles. The fraction of sp³-hybridized carbons (Fsp3) is 0.278. The van der Waals surface area contributed by atoms with Crippen molar-refractivity contribution in [1.29, 1.82) is 0 Å². The number of amides is 1. The number of hydrogen-bond donors (Lipinski definition) is 2. The Kier molecular flexibility index (Phi) is 6.29. The molecule has 5 heteroatoms.